The maximum Gasteiger partial charge on any atom is 0.315 e. The molecule has 33 heavy (non-hydrogen) atoms. The van der Waals surface area contributed by atoms with Gasteiger partial charge in [0, 0.05) is 43.7 Å². The minimum Gasteiger partial charge on any atom is -0.342 e. The lowest BCUT2D eigenvalue weighted by atomic mass is 9.96. The first-order valence-corrected chi connectivity index (χ1v) is 12.5. The van der Waals surface area contributed by atoms with Gasteiger partial charge in [-0.3, -0.25) is 14.5 Å². The normalized spacial score (nSPS) is 17.7. The summed E-state index contributed by atoms with van der Waals surface area (Å²) in [6, 6.07) is 8.45. The van der Waals surface area contributed by atoms with E-state index < -0.39 is 0 Å². The maximum absolute atomic E-state index is 12.8. The Kier molecular flexibility index (Phi) is 7.80. The Labute approximate surface area is 200 Å². The highest BCUT2D eigenvalue weighted by atomic mass is 32.1. The Morgan fingerprint density at radius 1 is 1.09 bits per heavy atom. The number of nitrogens with zero attached hydrogens (tertiary/aromatic N) is 3. The molecule has 3 amide bonds. The van der Waals surface area contributed by atoms with Crippen LogP contribution in [0.5, 0.6) is 0 Å². The largest absolute Gasteiger partial charge is 0.342 e. The molecule has 1 saturated heterocycles. The molecular formula is C24H34N6O2S. The molecule has 0 bridgehead atoms. The molecule has 3 N–H and O–H groups in total. The number of nitrogens with one attached hydrogen (secondary N) is 3. The van der Waals surface area contributed by atoms with Gasteiger partial charge in [-0.1, -0.05) is 43.0 Å². The number of carbonyl (C=O) groups excluding carboxylic acids is 2. The topological polar surface area (TPSA) is 95.1 Å². The third-order valence-corrected chi connectivity index (χ3v) is 7.02. The molecule has 0 atom stereocenters. The molecule has 1 aromatic carbocycles. The van der Waals surface area contributed by atoms with Crippen molar-refractivity contribution < 1.29 is 9.59 Å². The molecule has 2 heterocycles. The Hall–Kier alpha value is -2.68. The van der Waals surface area contributed by atoms with Gasteiger partial charge < -0.3 is 15.5 Å². The smallest absolute Gasteiger partial charge is 0.315 e. The van der Waals surface area contributed by atoms with E-state index in [-0.39, 0.29) is 18.0 Å². The van der Waals surface area contributed by atoms with Crippen LogP contribution >= 0.6 is 12.2 Å². The summed E-state index contributed by atoms with van der Waals surface area (Å²) in [5, 5.41) is 13.4. The van der Waals surface area contributed by atoms with Crippen LogP contribution in [-0.4, -0.2) is 56.8 Å². The zero-order valence-electron chi connectivity index (χ0n) is 19.3. The van der Waals surface area contributed by atoms with Crippen molar-refractivity contribution in [3.8, 4) is 11.4 Å². The number of H-pyrrole nitrogens is 1. The summed E-state index contributed by atoms with van der Waals surface area (Å²) in [5.74, 6) is 0.863. The van der Waals surface area contributed by atoms with Crippen molar-refractivity contribution in [2.75, 3.05) is 13.1 Å². The first-order valence-electron chi connectivity index (χ1n) is 12.1. The molecule has 1 aliphatic carbocycles. The van der Waals surface area contributed by atoms with Crippen molar-refractivity contribution >= 4 is 24.2 Å². The standard InChI is InChI=1S/C24H34N6O2S/c1-17-6-5-7-18(16-17)22-27-28-24(33)30(22)15-12-21(31)29-13-10-20(11-14-29)26-23(32)25-19-8-3-2-4-9-19/h5-7,16,19-20H,2-4,8-15H2,1H3,(H,28,33)(H2,25,26,32). The predicted molar refractivity (Wildman–Crippen MR) is 130 cm³/mol. The van der Waals surface area contributed by atoms with Crippen molar-refractivity contribution in [2.45, 2.75) is 76.9 Å². The Bertz CT molecular complexity index is 1020. The number of piperidine rings is 1. The molecule has 0 unspecified atom stereocenters. The number of carbonyl (C=O) groups is 2. The number of hydrogen-bond acceptors (Lipinski definition) is 4. The van der Waals surface area contributed by atoms with Crippen molar-refractivity contribution in [3.63, 3.8) is 0 Å². The first kappa shape index (κ1) is 23.5. The van der Waals surface area contributed by atoms with Crippen molar-refractivity contribution in [1.29, 1.82) is 0 Å². The number of aryl methyl sites for hydroxylation is 1. The monoisotopic (exact) mass is 470 g/mol. The number of aromatic amines is 1. The van der Waals surface area contributed by atoms with Gasteiger partial charge in [0.2, 0.25) is 5.91 Å². The second-order valence-electron chi connectivity index (χ2n) is 9.23. The fourth-order valence-electron chi connectivity index (χ4n) is 4.83. The van der Waals surface area contributed by atoms with Gasteiger partial charge in [-0.25, -0.2) is 4.79 Å². The summed E-state index contributed by atoms with van der Waals surface area (Å²) >= 11 is 5.40. The van der Waals surface area contributed by atoms with Crippen LogP contribution in [0.1, 0.15) is 56.9 Å². The zero-order valence-corrected chi connectivity index (χ0v) is 20.1. The molecule has 1 aromatic heterocycles. The van der Waals surface area contributed by atoms with Crippen LogP contribution in [0.4, 0.5) is 4.79 Å². The molecule has 0 radical (unpaired) electrons. The SMILES string of the molecule is Cc1cccc(-c2n[nH]c(=S)n2CCC(=O)N2CCC(NC(=O)NC3CCCCC3)CC2)c1. The lowest BCUT2D eigenvalue weighted by Gasteiger charge is -2.33. The zero-order chi connectivity index (χ0) is 23.2. The van der Waals surface area contributed by atoms with E-state index >= 15 is 0 Å². The second kappa shape index (κ2) is 11.0. The Morgan fingerprint density at radius 2 is 1.79 bits per heavy atom. The van der Waals surface area contributed by atoms with Crippen LogP contribution in [0, 0.1) is 11.7 Å². The molecule has 2 aromatic rings. The van der Waals surface area contributed by atoms with E-state index in [4.69, 9.17) is 12.2 Å². The lowest BCUT2D eigenvalue weighted by molar-refractivity contribution is -0.132. The molecule has 1 saturated carbocycles. The van der Waals surface area contributed by atoms with E-state index in [1.165, 1.54) is 19.3 Å². The van der Waals surface area contributed by atoms with Gasteiger partial charge in [0.05, 0.1) is 0 Å². The number of amides is 3. The predicted octanol–water partition coefficient (Wildman–Crippen LogP) is 3.93. The molecule has 2 aliphatic rings. The van der Waals surface area contributed by atoms with Gasteiger partial charge in [-0.05, 0) is 50.9 Å². The van der Waals surface area contributed by atoms with Gasteiger partial charge in [0.1, 0.15) is 0 Å². The molecular weight excluding hydrogens is 436 g/mol. The van der Waals surface area contributed by atoms with Crippen LogP contribution in [0.2, 0.25) is 0 Å². The number of likely N-dealkylation sites (tertiary alicyclic amines) is 1. The maximum atomic E-state index is 12.8. The van der Waals surface area contributed by atoms with Gasteiger partial charge in [0.25, 0.3) is 0 Å². The van der Waals surface area contributed by atoms with Crippen LogP contribution < -0.4 is 10.6 Å². The van der Waals surface area contributed by atoms with Gasteiger partial charge in [-0.2, -0.15) is 5.10 Å². The summed E-state index contributed by atoms with van der Waals surface area (Å²) in [7, 11) is 0. The summed E-state index contributed by atoms with van der Waals surface area (Å²) < 4.78 is 2.41. The molecule has 0 spiro atoms. The summed E-state index contributed by atoms with van der Waals surface area (Å²) in [5.41, 5.74) is 2.13. The quantitative estimate of drug-likeness (QED) is 0.558. The summed E-state index contributed by atoms with van der Waals surface area (Å²) in [6.07, 6.45) is 7.75. The highest BCUT2D eigenvalue weighted by Gasteiger charge is 2.25. The fraction of sp³-hybridized carbons (Fsp3) is 0.583. The van der Waals surface area contributed by atoms with E-state index in [0.29, 0.717) is 36.9 Å². The first-order chi connectivity index (χ1) is 16.0. The van der Waals surface area contributed by atoms with E-state index in [1.54, 1.807) is 0 Å². The molecule has 2 fully saturated rings. The van der Waals surface area contributed by atoms with Crippen LogP contribution in [-0.2, 0) is 11.3 Å². The second-order valence-corrected chi connectivity index (χ2v) is 9.62. The average molecular weight is 471 g/mol. The number of rotatable bonds is 6. The number of aromatic nitrogens is 3. The Balaban J connectivity index is 1.24. The minimum atomic E-state index is -0.0651. The van der Waals surface area contributed by atoms with Crippen LogP contribution in [0.3, 0.4) is 0 Å². The number of hydrogen-bond donors (Lipinski definition) is 3. The third-order valence-electron chi connectivity index (χ3n) is 6.71. The van der Waals surface area contributed by atoms with E-state index in [0.717, 1.165) is 42.6 Å². The number of benzene rings is 1. The molecule has 9 heteroatoms. The van der Waals surface area contributed by atoms with Crippen molar-refractivity contribution in [3.05, 3.63) is 34.6 Å². The molecule has 1 aliphatic heterocycles. The van der Waals surface area contributed by atoms with Crippen LogP contribution in [0.25, 0.3) is 11.4 Å². The van der Waals surface area contributed by atoms with Crippen LogP contribution in [0.15, 0.2) is 24.3 Å². The molecule has 178 valence electrons. The minimum absolute atomic E-state index is 0.0651. The van der Waals surface area contributed by atoms with E-state index in [2.05, 4.69) is 26.9 Å². The highest BCUT2D eigenvalue weighted by molar-refractivity contribution is 7.71. The van der Waals surface area contributed by atoms with Gasteiger partial charge in [0.15, 0.2) is 10.6 Å². The molecule has 8 nitrogen and oxygen atoms in total. The van der Waals surface area contributed by atoms with Crippen molar-refractivity contribution in [2.24, 2.45) is 0 Å². The highest BCUT2D eigenvalue weighted by Crippen LogP contribution is 2.20. The fourth-order valence-corrected chi connectivity index (χ4v) is 5.05. The van der Waals surface area contributed by atoms with E-state index in [9.17, 15) is 9.59 Å². The Morgan fingerprint density at radius 3 is 2.48 bits per heavy atom. The number of urea groups is 1. The summed E-state index contributed by atoms with van der Waals surface area (Å²) in [6.45, 7) is 3.85. The van der Waals surface area contributed by atoms with E-state index in [1.807, 2.05) is 34.6 Å². The summed E-state index contributed by atoms with van der Waals surface area (Å²) in [4.78, 5) is 27.0. The van der Waals surface area contributed by atoms with Gasteiger partial charge in [-0.15, -0.1) is 0 Å². The van der Waals surface area contributed by atoms with Crippen molar-refractivity contribution in [1.82, 2.24) is 30.3 Å². The average Bonchev–Trinajstić information content (AvgIpc) is 3.19. The lowest BCUT2D eigenvalue weighted by Crippen LogP contribution is -2.51. The van der Waals surface area contributed by atoms with Gasteiger partial charge >= 0.3 is 6.03 Å². The third kappa shape index (κ3) is 6.22. The molecule has 4 rings (SSSR count).